The lowest BCUT2D eigenvalue weighted by Crippen LogP contribution is -2.36. The Morgan fingerprint density at radius 2 is 2.00 bits per heavy atom. The maximum Gasteiger partial charge on any atom is 0.247 e. The minimum absolute atomic E-state index is 0.182. The van der Waals surface area contributed by atoms with Gasteiger partial charge in [0.15, 0.2) is 5.69 Å². The quantitative estimate of drug-likeness (QED) is 0.588. The summed E-state index contributed by atoms with van der Waals surface area (Å²) < 4.78 is 6.30. The summed E-state index contributed by atoms with van der Waals surface area (Å²) in [5, 5.41) is 18.2. The highest BCUT2D eigenvalue weighted by molar-refractivity contribution is 7.99. The van der Waals surface area contributed by atoms with Gasteiger partial charge < -0.3 is 4.74 Å². The number of benzene rings is 2. The summed E-state index contributed by atoms with van der Waals surface area (Å²) in [5.41, 5.74) is 4.19. The molecule has 150 valence electrons. The van der Waals surface area contributed by atoms with Gasteiger partial charge in [0.25, 0.3) is 0 Å². The first kappa shape index (κ1) is 19.9. The van der Waals surface area contributed by atoms with E-state index in [1.807, 2.05) is 32.0 Å². The lowest BCUT2D eigenvalue weighted by molar-refractivity contribution is -0.118. The molecule has 1 aliphatic rings. The van der Waals surface area contributed by atoms with Gasteiger partial charge in [-0.25, -0.2) is 0 Å². The van der Waals surface area contributed by atoms with Crippen LogP contribution in [0.25, 0.3) is 11.3 Å². The third-order valence-electron chi connectivity index (χ3n) is 4.70. The zero-order chi connectivity index (χ0) is 21.3. The Balaban J connectivity index is 1.95. The number of aryl methyl sites for hydroxylation is 1. The first-order valence-electron chi connectivity index (χ1n) is 9.47. The maximum atomic E-state index is 12.8. The van der Waals surface area contributed by atoms with Crippen LogP contribution in [-0.2, 0) is 4.79 Å². The van der Waals surface area contributed by atoms with Crippen LogP contribution in [-0.4, -0.2) is 26.8 Å². The number of aromatic nitrogens is 3. The summed E-state index contributed by atoms with van der Waals surface area (Å²) in [6.07, 6.45) is -0.755. The average Bonchev–Trinajstić information content (AvgIpc) is 2.88. The van der Waals surface area contributed by atoms with Gasteiger partial charge in [-0.3, -0.25) is 9.69 Å². The molecular formula is C22H19N5O2S. The molecule has 0 radical (unpaired) electrons. The molecule has 1 unspecified atom stereocenters. The highest BCUT2D eigenvalue weighted by atomic mass is 32.2. The number of carbonyl (C=O) groups excluding carboxylic acids is 1. The van der Waals surface area contributed by atoms with E-state index in [4.69, 9.17) is 10.00 Å². The van der Waals surface area contributed by atoms with Crippen molar-refractivity contribution in [2.45, 2.75) is 32.2 Å². The molecule has 0 saturated heterocycles. The zero-order valence-corrected chi connectivity index (χ0v) is 17.6. The summed E-state index contributed by atoms with van der Waals surface area (Å²) in [6.45, 7) is 5.48. The molecule has 7 nitrogen and oxygen atoms in total. The summed E-state index contributed by atoms with van der Waals surface area (Å²) >= 11 is 1.47. The molecule has 1 aliphatic heterocycles. The second-order valence-electron chi connectivity index (χ2n) is 6.79. The summed E-state index contributed by atoms with van der Waals surface area (Å²) in [5.74, 6) is 0.943. The molecule has 0 saturated carbocycles. The standard InChI is InChI=1S/C22H19N5O2S/c1-4-30-22-24-20-19(25-26-22)17-11-13(2)5-10-18(17)27(14(3)28)21(29-20)16-8-6-15(12-23)7-9-16/h5-11,21H,4H2,1-3H3. The molecule has 30 heavy (non-hydrogen) atoms. The van der Waals surface area contributed by atoms with Gasteiger partial charge >= 0.3 is 0 Å². The minimum atomic E-state index is -0.755. The monoisotopic (exact) mass is 417 g/mol. The van der Waals surface area contributed by atoms with Crippen molar-refractivity contribution in [3.05, 3.63) is 59.2 Å². The second-order valence-corrected chi connectivity index (χ2v) is 8.03. The molecule has 2 aromatic carbocycles. The van der Waals surface area contributed by atoms with Gasteiger partial charge in [-0.05, 0) is 36.9 Å². The van der Waals surface area contributed by atoms with Crippen molar-refractivity contribution < 1.29 is 9.53 Å². The average molecular weight is 417 g/mol. The van der Waals surface area contributed by atoms with Crippen molar-refractivity contribution in [1.82, 2.24) is 15.2 Å². The fraction of sp³-hybridized carbons (Fsp3) is 0.227. The maximum absolute atomic E-state index is 12.8. The Hall–Kier alpha value is -3.44. The van der Waals surface area contributed by atoms with Gasteiger partial charge in [0.1, 0.15) is 0 Å². The van der Waals surface area contributed by atoms with E-state index >= 15 is 0 Å². The third-order valence-corrected chi connectivity index (χ3v) is 5.42. The van der Waals surface area contributed by atoms with Gasteiger partial charge in [-0.15, -0.1) is 10.2 Å². The van der Waals surface area contributed by atoms with Crippen LogP contribution in [0.2, 0.25) is 0 Å². The molecule has 1 amide bonds. The van der Waals surface area contributed by atoms with Gasteiger partial charge in [-0.1, -0.05) is 42.4 Å². The molecular weight excluding hydrogens is 398 g/mol. The number of amides is 1. The van der Waals surface area contributed by atoms with Crippen molar-refractivity contribution in [3.8, 4) is 23.2 Å². The van der Waals surface area contributed by atoms with Crippen molar-refractivity contribution in [1.29, 1.82) is 5.26 Å². The Kier molecular flexibility index (Phi) is 5.38. The normalized spacial score (nSPS) is 14.7. The highest BCUT2D eigenvalue weighted by Gasteiger charge is 2.34. The van der Waals surface area contributed by atoms with Gasteiger partial charge in [-0.2, -0.15) is 10.2 Å². The molecule has 3 aromatic rings. The van der Waals surface area contributed by atoms with E-state index in [0.29, 0.717) is 28.0 Å². The predicted octanol–water partition coefficient (Wildman–Crippen LogP) is 4.27. The van der Waals surface area contributed by atoms with Gasteiger partial charge in [0.2, 0.25) is 23.2 Å². The van der Waals surface area contributed by atoms with Crippen LogP contribution in [0.15, 0.2) is 47.6 Å². The Morgan fingerprint density at radius 3 is 2.67 bits per heavy atom. The first-order valence-corrected chi connectivity index (χ1v) is 10.5. The van der Waals surface area contributed by atoms with Gasteiger partial charge in [0.05, 0.1) is 17.3 Å². The highest BCUT2D eigenvalue weighted by Crippen LogP contribution is 2.43. The van der Waals surface area contributed by atoms with Crippen LogP contribution in [0.5, 0.6) is 5.88 Å². The summed E-state index contributed by atoms with van der Waals surface area (Å²) in [7, 11) is 0. The number of thioether (sulfide) groups is 1. The molecule has 1 atom stereocenters. The lowest BCUT2D eigenvalue weighted by Gasteiger charge is -2.30. The SMILES string of the molecule is CCSc1nnc2c(n1)OC(c1ccc(C#N)cc1)N(C(C)=O)c1ccc(C)cc1-2. The molecule has 0 spiro atoms. The van der Waals surface area contributed by atoms with Crippen molar-refractivity contribution in [2.24, 2.45) is 0 Å². The number of rotatable bonds is 3. The van der Waals surface area contributed by atoms with Crippen LogP contribution in [0.3, 0.4) is 0 Å². The molecule has 1 aromatic heterocycles. The molecule has 4 rings (SSSR count). The molecule has 0 aliphatic carbocycles. The Bertz CT molecular complexity index is 1160. The lowest BCUT2D eigenvalue weighted by atomic mass is 10.0. The van der Waals surface area contributed by atoms with Gasteiger partial charge in [0, 0.05) is 18.1 Å². The van der Waals surface area contributed by atoms with E-state index in [1.165, 1.54) is 18.7 Å². The fourth-order valence-electron chi connectivity index (χ4n) is 3.35. The van der Waals surface area contributed by atoms with Crippen LogP contribution < -0.4 is 9.64 Å². The van der Waals surface area contributed by atoms with Crippen LogP contribution >= 0.6 is 11.8 Å². The number of ether oxygens (including phenoxy) is 1. The number of nitriles is 1. The molecule has 0 bridgehead atoms. The smallest absolute Gasteiger partial charge is 0.247 e. The zero-order valence-electron chi connectivity index (χ0n) is 16.8. The summed E-state index contributed by atoms with van der Waals surface area (Å²) in [4.78, 5) is 18.9. The van der Waals surface area contributed by atoms with Crippen LogP contribution in [0, 0.1) is 18.3 Å². The van der Waals surface area contributed by atoms with Crippen LogP contribution in [0.4, 0.5) is 5.69 Å². The number of nitrogens with zero attached hydrogens (tertiary/aromatic N) is 5. The molecule has 8 heteroatoms. The first-order chi connectivity index (χ1) is 14.5. The number of hydrogen-bond acceptors (Lipinski definition) is 7. The fourth-order valence-corrected chi connectivity index (χ4v) is 3.85. The molecule has 2 heterocycles. The van der Waals surface area contributed by atoms with E-state index < -0.39 is 6.23 Å². The van der Waals surface area contributed by atoms with E-state index in [-0.39, 0.29) is 5.91 Å². The third kappa shape index (κ3) is 3.60. The van der Waals surface area contributed by atoms with Crippen LogP contribution in [0.1, 0.15) is 36.8 Å². The minimum Gasteiger partial charge on any atom is -0.447 e. The number of hydrogen-bond donors (Lipinski definition) is 0. The van der Waals surface area contributed by atoms with Crippen molar-refractivity contribution >= 4 is 23.4 Å². The number of anilines is 1. The Labute approximate surface area is 178 Å². The number of carbonyl (C=O) groups is 1. The Morgan fingerprint density at radius 1 is 1.23 bits per heavy atom. The molecule has 0 N–H and O–H groups in total. The predicted molar refractivity (Wildman–Crippen MR) is 114 cm³/mol. The second kappa shape index (κ2) is 8.13. The van der Waals surface area contributed by atoms with E-state index in [2.05, 4.69) is 21.3 Å². The number of fused-ring (bicyclic) bond motifs is 3. The van der Waals surface area contributed by atoms with E-state index in [9.17, 15) is 4.79 Å². The molecule has 0 fully saturated rings. The van der Waals surface area contributed by atoms with E-state index in [0.717, 1.165) is 22.4 Å². The largest absolute Gasteiger partial charge is 0.447 e. The topological polar surface area (TPSA) is 92.0 Å². The van der Waals surface area contributed by atoms with Crippen molar-refractivity contribution in [2.75, 3.05) is 10.7 Å². The van der Waals surface area contributed by atoms with Crippen molar-refractivity contribution in [3.63, 3.8) is 0 Å². The van der Waals surface area contributed by atoms with E-state index in [1.54, 1.807) is 29.2 Å². The summed E-state index contributed by atoms with van der Waals surface area (Å²) in [6, 6.07) is 14.9.